The molecule has 0 heterocycles. The van der Waals surface area contributed by atoms with Crippen LogP contribution >= 0.6 is 0 Å². The van der Waals surface area contributed by atoms with Crippen molar-refractivity contribution in [1.82, 2.24) is 0 Å². The van der Waals surface area contributed by atoms with Gasteiger partial charge in [0.1, 0.15) is 5.78 Å². The summed E-state index contributed by atoms with van der Waals surface area (Å²) in [6.45, 7) is 6.16. The van der Waals surface area contributed by atoms with E-state index in [1.54, 1.807) is 6.92 Å². The molecule has 0 aliphatic heterocycles. The summed E-state index contributed by atoms with van der Waals surface area (Å²) in [7, 11) is -4.48. The van der Waals surface area contributed by atoms with Gasteiger partial charge in [-0.1, -0.05) is 25.5 Å². The molecule has 6 nitrogen and oxygen atoms in total. The topological polar surface area (TPSA) is 101 Å². The Morgan fingerprint density at radius 1 is 1.18 bits per heavy atom. The predicted molar refractivity (Wildman–Crippen MR) is 104 cm³/mol. The molecule has 4 aliphatic carbocycles. The Kier molecular flexibility index (Phi) is 4.85. The number of fused-ring (bicyclic) bond motifs is 5. The van der Waals surface area contributed by atoms with Crippen molar-refractivity contribution in [2.75, 3.05) is 0 Å². The highest BCUT2D eigenvalue weighted by Gasteiger charge is 2.60. The summed E-state index contributed by atoms with van der Waals surface area (Å²) >= 11 is 0. The van der Waals surface area contributed by atoms with Crippen LogP contribution in [0.3, 0.4) is 0 Å². The van der Waals surface area contributed by atoms with Gasteiger partial charge in [-0.2, -0.15) is 8.42 Å². The van der Waals surface area contributed by atoms with Crippen molar-refractivity contribution in [2.45, 2.75) is 77.9 Å². The maximum Gasteiger partial charge on any atom is 0.397 e. The van der Waals surface area contributed by atoms with E-state index in [4.69, 9.17) is 8.74 Å². The molecule has 2 N–H and O–H groups in total. The fraction of sp³-hybridized carbons (Fsp3) is 0.857. The van der Waals surface area contributed by atoms with Crippen molar-refractivity contribution in [3.05, 3.63) is 11.6 Å². The van der Waals surface area contributed by atoms with Gasteiger partial charge in [0.25, 0.3) is 0 Å². The molecule has 4 unspecified atom stereocenters. The molecule has 0 aromatic rings. The highest BCUT2D eigenvalue weighted by Crippen LogP contribution is 2.65. The number of Topliss-reactive ketones (excluding diaryl/α,β-unsaturated/α-hetero) is 1. The molecular weight excluding hydrogens is 380 g/mol. The number of hydrogen-bond acceptors (Lipinski definition) is 5. The maximum atomic E-state index is 12.2. The first-order valence-corrected chi connectivity index (χ1v) is 11.9. The third-order valence-corrected chi connectivity index (χ3v) is 9.26. The minimum Gasteiger partial charge on any atom is -0.393 e. The second-order valence-corrected chi connectivity index (χ2v) is 11.1. The molecule has 4 aliphatic rings. The van der Waals surface area contributed by atoms with E-state index in [0.29, 0.717) is 31.1 Å². The SMILES string of the molecule is CC(=O)C1CCC2[C@@H]3CC(O)C4C[C@@H](OS(=O)(=O)O)CC[C@]4(C)C3=CC[C@]12C. The molecule has 0 aromatic carbocycles. The summed E-state index contributed by atoms with van der Waals surface area (Å²) in [6.07, 6.45) is 6.47. The zero-order valence-electron chi connectivity index (χ0n) is 16.9. The largest absolute Gasteiger partial charge is 0.397 e. The average molecular weight is 413 g/mol. The second-order valence-electron chi connectivity index (χ2n) is 10.1. The molecule has 0 saturated heterocycles. The van der Waals surface area contributed by atoms with Crippen LogP contribution in [0.5, 0.6) is 0 Å². The van der Waals surface area contributed by atoms with E-state index in [9.17, 15) is 18.3 Å². The van der Waals surface area contributed by atoms with E-state index in [1.807, 2.05) is 0 Å². The summed E-state index contributed by atoms with van der Waals surface area (Å²) < 4.78 is 36.1. The van der Waals surface area contributed by atoms with E-state index in [2.05, 4.69) is 19.9 Å². The van der Waals surface area contributed by atoms with Crippen LogP contribution in [0.4, 0.5) is 0 Å². The van der Waals surface area contributed by atoms with Crippen molar-refractivity contribution >= 4 is 16.2 Å². The summed E-state index contributed by atoms with van der Waals surface area (Å²) in [5.74, 6) is 1.02. The van der Waals surface area contributed by atoms with E-state index in [0.717, 1.165) is 25.7 Å². The molecule has 28 heavy (non-hydrogen) atoms. The van der Waals surface area contributed by atoms with Gasteiger partial charge in [0, 0.05) is 5.92 Å². The molecule has 8 atom stereocenters. The van der Waals surface area contributed by atoms with Crippen LogP contribution in [-0.4, -0.2) is 36.1 Å². The van der Waals surface area contributed by atoms with Crippen LogP contribution in [0.1, 0.15) is 65.7 Å². The highest BCUT2D eigenvalue weighted by molar-refractivity contribution is 7.80. The van der Waals surface area contributed by atoms with Crippen LogP contribution in [0, 0.1) is 34.5 Å². The molecule has 3 saturated carbocycles. The number of hydrogen-bond donors (Lipinski definition) is 2. The number of carbonyl (C=O) groups excluding carboxylic acids is 1. The van der Waals surface area contributed by atoms with Crippen molar-refractivity contribution in [2.24, 2.45) is 34.5 Å². The van der Waals surface area contributed by atoms with Crippen LogP contribution < -0.4 is 0 Å². The van der Waals surface area contributed by atoms with Crippen molar-refractivity contribution in [1.29, 1.82) is 0 Å². The van der Waals surface area contributed by atoms with E-state index in [1.165, 1.54) is 5.57 Å². The van der Waals surface area contributed by atoms with Crippen molar-refractivity contribution in [3.63, 3.8) is 0 Å². The molecule has 7 heteroatoms. The van der Waals surface area contributed by atoms with Gasteiger partial charge >= 0.3 is 10.4 Å². The highest BCUT2D eigenvalue weighted by atomic mass is 32.3. The fourth-order valence-electron chi connectivity index (χ4n) is 7.46. The van der Waals surface area contributed by atoms with Gasteiger partial charge in [-0.25, -0.2) is 4.18 Å². The lowest BCUT2D eigenvalue weighted by Gasteiger charge is -2.58. The molecule has 158 valence electrons. The van der Waals surface area contributed by atoms with Gasteiger partial charge < -0.3 is 5.11 Å². The van der Waals surface area contributed by atoms with Crippen molar-refractivity contribution < 1.29 is 27.1 Å². The first-order chi connectivity index (χ1) is 13.0. The number of rotatable bonds is 3. The van der Waals surface area contributed by atoms with E-state index < -0.39 is 22.6 Å². The Bertz CT molecular complexity index is 804. The van der Waals surface area contributed by atoms with E-state index >= 15 is 0 Å². The molecule has 0 radical (unpaired) electrons. The zero-order chi connectivity index (χ0) is 20.5. The Labute approximate surface area is 167 Å². The van der Waals surface area contributed by atoms with Crippen LogP contribution in [0.25, 0.3) is 0 Å². The van der Waals surface area contributed by atoms with Gasteiger partial charge in [0.05, 0.1) is 12.2 Å². The minimum absolute atomic E-state index is 0.0196. The Morgan fingerprint density at radius 3 is 2.54 bits per heavy atom. The minimum atomic E-state index is -4.48. The molecule has 0 bridgehead atoms. The van der Waals surface area contributed by atoms with Crippen LogP contribution in [0.15, 0.2) is 11.6 Å². The van der Waals surface area contributed by atoms with Gasteiger partial charge in [-0.05, 0) is 80.5 Å². The zero-order valence-corrected chi connectivity index (χ0v) is 17.7. The number of carbonyl (C=O) groups is 1. The van der Waals surface area contributed by atoms with Gasteiger partial charge in [0.15, 0.2) is 0 Å². The average Bonchev–Trinajstić information content (AvgIpc) is 2.92. The molecule has 4 rings (SSSR count). The van der Waals surface area contributed by atoms with Crippen LogP contribution in [-0.2, 0) is 19.4 Å². The first-order valence-electron chi connectivity index (χ1n) is 10.5. The number of aliphatic hydroxyl groups excluding tert-OH is 1. The molecule has 0 aromatic heterocycles. The number of allylic oxidation sites excluding steroid dienone is 2. The Balaban J connectivity index is 1.63. The smallest absolute Gasteiger partial charge is 0.393 e. The lowest BCUT2D eigenvalue weighted by atomic mass is 9.48. The van der Waals surface area contributed by atoms with Crippen LogP contribution in [0.2, 0.25) is 0 Å². The van der Waals surface area contributed by atoms with E-state index in [-0.39, 0.29) is 28.4 Å². The van der Waals surface area contributed by atoms with Gasteiger partial charge in [-0.15, -0.1) is 0 Å². The lowest BCUT2D eigenvalue weighted by molar-refractivity contribution is -0.125. The van der Waals surface area contributed by atoms with Gasteiger partial charge in [-0.3, -0.25) is 9.35 Å². The Morgan fingerprint density at radius 2 is 1.89 bits per heavy atom. The summed E-state index contributed by atoms with van der Waals surface area (Å²) in [4.78, 5) is 12.2. The quantitative estimate of drug-likeness (QED) is 0.545. The third-order valence-electron chi connectivity index (χ3n) is 8.75. The fourth-order valence-corrected chi connectivity index (χ4v) is 7.98. The number of aliphatic hydroxyl groups is 1. The third kappa shape index (κ3) is 3.09. The summed E-state index contributed by atoms with van der Waals surface area (Å²) in [5.41, 5.74) is 1.20. The summed E-state index contributed by atoms with van der Waals surface area (Å²) in [5, 5.41) is 11.0. The monoisotopic (exact) mass is 412 g/mol. The second kappa shape index (κ2) is 6.62. The number of ketones is 1. The predicted octanol–water partition coefficient (Wildman–Crippen LogP) is 3.31. The molecule has 3 fully saturated rings. The molecular formula is C21H32O6S. The first kappa shape index (κ1) is 20.5. The van der Waals surface area contributed by atoms with Gasteiger partial charge in [0.2, 0.25) is 0 Å². The van der Waals surface area contributed by atoms with Crippen molar-refractivity contribution in [3.8, 4) is 0 Å². The summed E-state index contributed by atoms with van der Waals surface area (Å²) in [6, 6.07) is 0. The maximum absolute atomic E-state index is 12.2. The molecule has 0 spiro atoms. The molecule has 0 amide bonds. The normalized spacial score (nSPS) is 48.2. The standard InChI is InChI=1S/C21H32O6S/c1-12(22)15-4-5-16-14-11-19(23)18-10-13(27-28(24,25)26)6-8-21(18,3)17(14)7-9-20(15,16)2/h7,13-16,18-19,23H,4-6,8-11H2,1-3H3,(H,24,25,26)/t13-,14-,15?,16?,18?,19?,20+,21+/m0/s1. The Hall–Kier alpha value is -0.760. The lowest BCUT2D eigenvalue weighted by Crippen LogP contribution is -2.54.